The van der Waals surface area contributed by atoms with Crippen molar-refractivity contribution < 1.29 is 22.7 Å². The molecule has 9 nitrogen and oxygen atoms in total. The zero-order chi connectivity index (χ0) is 28.3. The summed E-state index contributed by atoms with van der Waals surface area (Å²) in [5.74, 6) is 0.785. The number of sulfonamides is 1. The summed E-state index contributed by atoms with van der Waals surface area (Å²) in [6.45, 7) is 3.10. The predicted molar refractivity (Wildman–Crippen MR) is 159 cm³/mol. The second-order valence-corrected chi connectivity index (χ2v) is 11.8. The molecule has 10 heteroatoms. The lowest BCUT2D eigenvalue weighted by molar-refractivity contribution is -0.110. The van der Waals surface area contributed by atoms with E-state index in [0.29, 0.717) is 58.5 Å². The fraction of sp³-hybridized carbons (Fsp3) is 0.300. The van der Waals surface area contributed by atoms with Gasteiger partial charge in [-0.1, -0.05) is 30.3 Å². The van der Waals surface area contributed by atoms with Gasteiger partial charge in [-0.3, -0.25) is 9.10 Å². The monoisotopic (exact) mass is 562 g/mol. The average molecular weight is 563 g/mol. The summed E-state index contributed by atoms with van der Waals surface area (Å²) in [5.41, 5.74) is 4.54. The Hall–Kier alpha value is -4.02. The minimum absolute atomic E-state index is 0.251. The van der Waals surface area contributed by atoms with E-state index in [2.05, 4.69) is 15.5 Å². The number of carbonyl (C=O) groups is 1. The molecular formula is C30H34N4O5S. The second kappa shape index (κ2) is 11.6. The van der Waals surface area contributed by atoms with Gasteiger partial charge in [0.05, 0.1) is 43.1 Å². The maximum Gasteiger partial charge on any atom is 0.258 e. The first-order valence-electron chi connectivity index (χ1n) is 13.2. The van der Waals surface area contributed by atoms with Gasteiger partial charge >= 0.3 is 0 Å². The Morgan fingerprint density at radius 2 is 1.62 bits per heavy atom. The van der Waals surface area contributed by atoms with Crippen molar-refractivity contribution in [3.8, 4) is 11.5 Å². The molecular weight excluding hydrogens is 528 g/mol. The van der Waals surface area contributed by atoms with E-state index in [9.17, 15) is 13.2 Å². The van der Waals surface area contributed by atoms with Crippen molar-refractivity contribution in [1.29, 1.82) is 0 Å². The molecule has 3 aromatic carbocycles. The smallest absolute Gasteiger partial charge is 0.258 e. The zero-order valence-corrected chi connectivity index (χ0v) is 23.8. The van der Waals surface area contributed by atoms with Gasteiger partial charge in [0.25, 0.3) is 5.91 Å². The lowest BCUT2D eigenvalue weighted by atomic mass is 9.99. The van der Waals surface area contributed by atoms with Crippen LogP contribution in [-0.4, -0.2) is 65.9 Å². The van der Waals surface area contributed by atoms with E-state index in [4.69, 9.17) is 9.47 Å². The number of ether oxygens (including phenoxy) is 2. The SMILES string of the molecule is COc1cc2c(cc1OC)C(=C(Nc1ccc(N(CCN3CCCC3)S(C)(=O)=O)cc1)c1ccccc1)C(=O)N2. The normalized spacial score (nSPS) is 16.3. The number of nitrogens with zero attached hydrogens (tertiary/aromatic N) is 2. The summed E-state index contributed by atoms with van der Waals surface area (Å²) in [6, 6.07) is 20.4. The van der Waals surface area contributed by atoms with E-state index >= 15 is 0 Å². The first kappa shape index (κ1) is 27.5. The van der Waals surface area contributed by atoms with Crippen LogP contribution in [0.3, 0.4) is 0 Å². The standard InChI is InChI=1S/C30H34N4O5S/c1-38-26-19-24-25(20-27(26)39-2)32-30(35)28(24)29(21-9-5-4-6-10-21)31-22-11-13-23(14-12-22)34(40(3,36)37)18-17-33-15-7-8-16-33/h4-6,9-14,19-20,31H,7-8,15-18H2,1-3H3,(H,32,35). The molecule has 1 amide bonds. The molecule has 0 bridgehead atoms. The predicted octanol–water partition coefficient (Wildman–Crippen LogP) is 4.50. The molecule has 0 aliphatic carbocycles. The molecule has 1 saturated heterocycles. The number of hydrogen-bond donors (Lipinski definition) is 2. The Morgan fingerprint density at radius 1 is 0.975 bits per heavy atom. The van der Waals surface area contributed by atoms with Crippen molar-refractivity contribution >= 4 is 44.3 Å². The van der Waals surface area contributed by atoms with Crippen LogP contribution in [0.2, 0.25) is 0 Å². The Labute approximate surface area is 235 Å². The largest absolute Gasteiger partial charge is 0.493 e. The van der Waals surface area contributed by atoms with E-state index in [-0.39, 0.29) is 5.91 Å². The zero-order valence-electron chi connectivity index (χ0n) is 22.9. The molecule has 5 rings (SSSR count). The Morgan fingerprint density at radius 3 is 2.25 bits per heavy atom. The van der Waals surface area contributed by atoms with E-state index < -0.39 is 10.0 Å². The molecule has 0 spiro atoms. The number of carbonyl (C=O) groups excluding carboxylic acids is 1. The summed E-state index contributed by atoms with van der Waals surface area (Å²) in [5, 5.41) is 6.36. The van der Waals surface area contributed by atoms with Gasteiger partial charge < -0.3 is 25.0 Å². The van der Waals surface area contributed by atoms with Crippen molar-refractivity contribution in [3.63, 3.8) is 0 Å². The summed E-state index contributed by atoms with van der Waals surface area (Å²) >= 11 is 0. The molecule has 0 atom stereocenters. The van der Waals surface area contributed by atoms with Crippen LogP contribution in [0.1, 0.15) is 24.0 Å². The van der Waals surface area contributed by atoms with Gasteiger partial charge in [0.15, 0.2) is 11.5 Å². The van der Waals surface area contributed by atoms with Crippen molar-refractivity contribution in [2.45, 2.75) is 12.8 Å². The van der Waals surface area contributed by atoms with Crippen LogP contribution < -0.4 is 24.4 Å². The maximum atomic E-state index is 13.3. The van der Waals surface area contributed by atoms with Gasteiger partial charge in [0.2, 0.25) is 10.0 Å². The number of methoxy groups -OCH3 is 2. The average Bonchev–Trinajstić information content (AvgIpc) is 3.58. The summed E-state index contributed by atoms with van der Waals surface area (Å²) in [4.78, 5) is 15.6. The molecule has 0 radical (unpaired) electrons. The highest BCUT2D eigenvalue weighted by atomic mass is 32.2. The molecule has 40 heavy (non-hydrogen) atoms. The van der Waals surface area contributed by atoms with Gasteiger partial charge in [-0.05, 0) is 61.8 Å². The molecule has 1 fully saturated rings. The van der Waals surface area contributed by atoms with Crippen LogP contribution >= 0.6 is 0 Å². The maximum absolute atomic E-state index is 13.3. The van der Waals surface area contributed by atoms with Crippen LogP contribution in [0.15, 0.2) is 66.7 Å². The molecule has 2 aliphatic rings. The highest BCUT2D eigenvalue weighted by molar-refractivity contribution is 7.92. The molecule has 2 heterocycles. The van der Waals surface area contributed by atoms with Crippen LogP contribution in [0.4, 0.5) is 17.1 Å². The Kier molecular flexibility index (Phi) is 7.99. The molecule has 3 aromatic rings. The van der Waals surface area contributed by atoms with Crippen LogP contribution in [-0.2, 0) is 14.8 Å². The number of likely N-dealkylation sites (tertiary alicyclic amines) is 1. The number of fused-ring (bicyclic) bond motifs is 1. The fourth-order valence-corrected chi connectivity index (χ4v) is 6.13. The molecule has 0 saturated carbocycles. The van der Waals surface area contributed by atoms with Crippen LogP contribution in [0, 0.1) is 0 Å². The number of nitrogens with one attached hydrogen (secondary N) is 2. The van der Waals surface area contributed by atoms with Gasteiger partial charge in [0.1, 0.15) is 0 Å². The summed E-state index contributed by atoms with van der Waals surface area (Å²) in [6.07, 6.45) is 3.54. The minimum atomic E-state index is -3.45. The number of rotatable bonds is 10. The van der Waals surface area contributed by atoms with Crippen molar-refractivity contribution in [3.05, 3.63) is 77.9 Å². The van der Waals surface area contributed by atoms with E-state index in [1.807, 2.05) is 42.5 Å². The van der Waals surface area contributed by atoms with E-state index in [1.54, 1.807) is 38.5 Å². The lowest BCUT2D eigenvalue weighted by Gasteiger charge is -2.25. The topological polar surface area (TPSA) is 100 Å². The van der Waals surface area contributed by atoms with Gasteiger partial charge in [-0.15, -0.1) is 0 Å². The van der Waals surface area contributed by atoms with E-state index in [0.717, 1.165) is 31.5 Å². The third-order valence-corrected chi connectivity index (χ3v) is 8.42. The molecule has 210 valence electrons. The summed E-state index contributed by atoms with van der Waals surface area (Å²) < 4.78 is 37.6. The highest BCUT2D eigenvalue weighted by Crippen LogP contribution is 2.43. The quantitative estimate of drug-likeness (QED) is 0.351. The van der Waals surface area contributed by atoms with Crippen molar-refractivity contribution in [1.82, 2.24) is 4.90 Å². The highest BCUT2D eigenvalue weighted by Gasteiger charge is 2.30. The first-order valence-corrected chi connectivity index (χ1v) is 15.1. The Balaban J connectivity index is 1.49. The Bertz CT molecular complexity index is 1520. The number of amides is 1. The van der Waals surface area contributed by atoms with Gasteiger partial charge in [-0.25, -0.2) is 8.42 Å². The molecule has 2 N–H and O–H groups in total. The molecule has 0 aromatic heterocycles. The molecule has 0 unspecified atom stereocenters. The molecule has 2 aliphatic heterocycles. The van der Waals surface area contributed by atoms with Crippen molar-refractivity contribution in [2.75, 3.05) is 61.6 Å². The first-order chi connectivity index (χ1) is 19.3. The fourth-order valence-electron chi connectivity index (χ4n) is 5.21. The van der Waals surface area contributed by atoms with Crippen LogP contribution in [0.25, 0.3) is 11.3 Å². The van der Waals surface area contributed by atoms with Gasteiger partial charge in [-0.2, -0.15) is 0 Å². The van der Waals surface area contributed by atoms with Gasteiger partial charge in [0, 0.05) is 30.4 Å². The third kappa shape index (κ3) is 5.78. The summed E-state index contributed by atoms with van der Waals surface area (Å²) in [7, 11) is -0.345. The lowest BCUT2D eigenvalue weighted by Crippen LogP contribution is -2.37. The minimum Gasteiger partial charge on any atom is -0.493 e. The number of anilines is 3. The van der Waals surface area contributed by atoms with Crippen LogP contribution in [0.5, 0.6) is 11.5 Å². The third-order valence-electron chi connectivity index (χ3n) is 7.22. The number of hydrogen-bond acceptors (Lipinski definition) is 7. The van der Waals surface area contributed by atoms with E-state index in [1.165, 1.54) is 10.6 Å². The number of benzene rings is 3. The van der Waals surface area contributed by atoms with Crippen molar-refractivity contribution in [2.24, 2.45) is 0 Å². The second-order valence-electron chi connectivity index (χ2n) is 9.88.